The number of amides is 1. The minimum Gasteiger partial charge on any atom is -0.399 e. The summed E-state index contributed by atoms with van der Waals surface area (Å²) in [5.74, 6) is -0.682. The van der Waals surface area contributed by atoms with Crippen LogP contribution in [-0.4, -0.2) is 18.9 Å². The fraction of sp³-hybridized carbons (Fsp3) is 0. The van der Waals surface area contributed by atoms with Gasteiger partial charge in [0.05, 0.1) is 4.90 Å². The number of nitrogen functional groups attached to an aromatic ring is 1. The van der Waals surface area contributed by atoms with Gasteiger partial charge in [0, 0.05) is 28.9 Å². The van der Waals surface area contributed by atoms with Crippen LogP contribution < -0.4 is 16.0 Å². The summed E-state index contributed by atoms with van der Waals surface area (Å²) in [4.78, 5) is 14.0. The van der Waals surface area contributed by atoms with Crippen molar-refractivity contribution in [3.05, 3.63) is 90.6 Å². The Morgan fingerprint density at radius 1 is 0.968 bits per heavy atom. The lowest BCUT2D eigenvalue weighted by molar-refractivity contribution is -0.112. The maximum Gasteiger partial charge on any atom is 0.294 e. The molecule has 4 N–H and O–H groups in total. The number of anilines is 4. The Labute approximate surface area is 179 Å². The van der Waals surface area contributed by atoms with E-state index < -0.39 is 16.0 Å². The summed E-state index contributed by atoms with van der Waals surface area (Å²) in [6.07, 6.45) is 1.41. The van der Waals surface area contributed by atoms with Gasteiger partial charge in [0.1, 0.15) is 11.6 Å². The van der Waals surface area contributed by atoms with Crippen molar-refractivity contribution in [2.24, 2.45) is 0 Å². The number of hydrogen-bond donors (Lipinski definition) is 3. The number of nitrogens with two attached hydrogens (primary N) is 1. The molecule has 3 rings (SSSR count). The van der Waals surface area contributed by atoms with Crippen LogP contribution in [0.15, 0.2) is 95.5 Å². The van der Waals surface area contributed by atoms with Gasteiger partial charge in [-0.25, -0.2) is 0 Å². The summed E-state index contributed by atoms with van der Waals surface area (Å²) < 4.78 is 31.3. The number of carbonyl (C=O) groups excluding carboxylic acids is 1. The number of benzene rings is 3. The van der Waals surface area contributed by atoms with Gasteiger partial charge in [0.15, 0.2) is 0 Å². The molecule has 0 spiro atoms. The van der Waals surface area contributed by atoms with Crippen LogP contribution in [0.5, 0.6) is 0 Å². The molecule has 0 heterocycles. The minimum absolute atomic E-state index is 0.181. The quantitative estimate of drug-likeness (QED) is 0.233. The van der Waals surface area contributed by atoms with Crippen LogP contribution in [0, 0.1) is 11.3 Å². The molecule has 3 aromatic rings. The molecule has 156 valence electrons. The molecule has 9 heteroatoms. The molecule has 3 aromatic carbocycles. The molecular formula is C22H18N4O4S. The van der Waals surface area contributed by atoms with Gasteiger partial charge >= 0.3 is 0 Å². The van der Waals surface area contributed by atoms with Crippen molar-refractivity contribution < 1.29 is 17.8 Å². The van der Waals surface area contributed by atoms with E-state index in [0.717, 1.165) is 17.8 Å². The third-order valence-electron chi connectivity index (χ3n) is 4.24. The molecule has 8 nitrogen and oxygen atoms in total. The van der Waals surface area contributed by atoms with E-state index in [0.29, 0.717) is 11.4 Å². The van der Waals surface area contributed by atoms with Crippen LogP contribution >= 0.6 is 0 Å². The molecule has 0 unspecified atom stereocenters. The first-order valence-corrected chi connectivity index (χ1v) is 10.4. The van der Waals surface area contributed by atoms with E-state index in [9.17, 15) is 18.5 Å². The Morgan fingerprint density at radius 2 is 1.55 bits per heavy atom. The van der Waals surface area contributed by atoms with Crippen LogP contribution in [0.1, 0.15) is 0 Å². The Kier molecular flexibility index (Phi) is 6.35. The second-order valence-electron chi connectivity index (χ2n) is 6.41. The Balaban J connectivity index is 1.91. The molecule has 0 atom stereocenters. The maximum absolute atomic E-state index is 12.7. The summed E-state index contributed by atoms with van der Waals surface area (Å²) in [7, 11) is -4.34. The molecule has 0 aromatic heterocycles. The zero-order valence-electron chi connectivity index (χ0n) is 16.1. The maximum atomic E-state index is 12.7. The fourth-order valence-corrected chi connectivity index (χ4v) is 3.18. The van der Waals surface area contributed by atoms with Crippen molar-refractivity contribution in [2.75, 3.05) is 16.0 Å². The lowest BCUT2D eigenvalue weighted by atomic mass is 10.2. The number of nitriles is 1. The first-order valence-electron chi connectivity index (χ1n) is 8.98. The summed E-state index contributed by atoms with van der Waals surface area (Å²) in [6, 6.07) is 22.9. The van der Waals surface area contributed by atoms with Crippen molar-refractivity contribution in [2.45, 2.75) is 4.90 Å². The number of rotatable bonds is 6. The standard InChI is InChI=1S/C22H18N4O4S/c23-14-16(22(27)25-18-8-12-21(13-9-18)31(28,29)30)15-26(19-4-2-1-3-5-19)20-10-6-17(24)7-11-20/h1-13,15H,24H2,(H,25,27)(H,28,29,30)/b16-15-. The highest BCUT2D eigenvalue weighted by Gasteiger charge is 2.15. The third kappa shape index (κ3) is 5.48. The summed E-state index contributed by atoms with van der Waals surface area (Å²) >= 11 is 0. The van der Waals surface area contributed by atoms with Crippen molar-refractivity contribution >= 4 is 38.8 Å². The molecule has 1 amide bonds. The van der Waals surface area contributed by atoms with Crippen molar-refractivity contribution in [1.29, 1.82) is 5.26 Å². The monoisotopic (exact) mass is 434 g/mol. The smallest absolute Gasteiger partial charge is 0.294 e. The van der Waals surface area contributed by atoms with Crippen LogP contribution in [-0.2, 0) is 14.9 Å². The van der Waals surface area contributed by atoms with Crippen molar-refractivity contribution in [1.82, 2.24) is 0 Å². The molecule has 0 fully saturated rings. The van der Waals surface area contributed by atoms with E-state index in [2.05, 4.69) is 5.32 Å². The minimum atomic E-state index is -4.34. The number of hydrogen-bond acceptors (Lipinski definition) is 6. The van der Waals surface area contributed by atoms with E-state index in [-0.39, 0.29) is 16.2 Å². The number of nitrogens with one attached hydrogen (secondary N) is 1. The Hall–Kier alpha value is -4.13. The van der Waals surface area contributed by atoms with Crippen LogP contribution in [0.2, 0.25) is 0 Å². The van der Waals surface area contributed by atoms with Crippen LogP contribution in [0.25, 0.3) is 0 Å². The van der Waals surface area contributed by atoms with Gasteiger partial charge in [-0.1, -0.05) is 18.2 Å². The molecule has 0 aliphatic carbocycles. The molecule has 0 aliphatic rings. The van der Waals surface area contributed by atoms with Gasteiger partial charge in [0.2, 0.25) is 0 Å². The van der Waals surface area contributed by atoms with E-state index >= 15 is 0 Å². The fourth-order valence-electron chi connectivity index (χ4n) is 2.70. The normalized spacial score (nSPS) is 11.4. The average molecular weight is 434 g/mol. The first kappa shape index (κ1) is 21.6. The molecular weight excluding hydrogens is 416 g/mol. The van der Waals surface area contributed by atoms with Gasteiger partial charge in [-0.05, 0) is 60.7 Å². The molecule has 0 radical (unpaired) electrons. The largest absolute Gasteiger partial charge is 0.399 e. The lowest BCUT2D eigenvalue weighted by Crippen LogP contribution is -2.18. The average Bonchev–Trinajstić information content (AvgIpc) is 2.76. The lowest BCUT2D eigenvalue weighted by Gasteiger charge is -2.21. The molecule has 31 heavy (non-hydrogen) atoms. The third-order valence-corrected chi connectivity index (χ3v) is 5.11. The highest BCUT2D eigenvalue weighted by Crippen LogP contribution is 2.27. The molecule has 0 bridgehead atoms. The summed E-state index contributed by atoms with van der Waals surface area (Å²) in [6.45, 7) is 0. The Morgan fingerprint density at radius 3 is 2.10 bits per heavy atom. The second kappa shape index (κ2) is 9.13. The number of carbonyl (C=O) groups is 1. The predicted molar refractivity (Wildman–Crippen MR) is 118 cm³/mol. The molecule has 0 saturated heterocycles. The second-order valence-corrected chi connectivity index (χ2v) is 7.83. The number of nitrogens with zero attached hydrogens (tertiary/aromatic N) is 2. The Bertz CT molecular complexity index is 1250. The molecule has 0 saturated carbocycles. The SMILES string of the molecule is N#C/C(=C/N(c1ccccc1)c1ccc(N)cc1)C(=O)Nc1ccc(S(=O)(=O)O)cc1. The topological polar surface area (TPSA) is 137 Å². The van der Waals surface area contributed by atoms with E-state index in [1.54, 1.807) is 29.2 Å². The highest BCUT2D eigenvalue weighted by molar-refractivity contribution is 7.85. The first-order chi connectivity index (χ1) is 14.8. The zero-order chi connectivity index (χ0) is 22.4. The zero-order valence-corrected chi connectivity index (χ0v) is 17.0. The van der Waals surface area contributed by atoms with Gasteiger partial charge < -0.3 is 16.0 Å². The predicted octanol–water partition coefficient (Wildman–Crippen LogP) is 3.70. The van der Waals surface area contributed by atoms with E-state index in [1.165, 1.54) is 18.3 Å². The van der Waals surface area contributed by atoms with E-state index in [1.807, 2.05) is 36.4 Å². The van der Waals surface area contributed by atoms with E-state index in [4.69, 9.17) is 10.3 Å². The highest BCUT2D eigenvalue weighted by atomic mass is 32.2. The van der Waals surface area contributed by atoms with Crippen molar-refractivity contribution in [3.63, 3.8) is 0 Å². The van der Waals surface area contributed by atoms with Gasteiger partial charge in [-0.15, -0.1) is 0 Å². The van der Waals surface area contributed by atoms with Crippen LogP contribution in [0.3, 0.4) is 0 Å². The van der Waals surface area contributed by atoms with Gasteiger partial charge in [-0.3, -0.25) is 9.35 Å². The molecule has 0 aliphatic heterocycles. The van der Waals surface area contributed by atoms with Crippen LogP contribution in [0.4, 0.5) is 22.7 Å². The van der Waals surface area contributed by atoms with Crippen molar-refractivity contribution in [3.8, 4) is 6.07 Å². The summed E-state index contributed by atoms with van der Waals surface area (Å²) in [5, 5.41) is 12.1. The number of para-hydroxylation sites is 1. The van der Waals surface area contributed by atoms with Gasteiger partial charge in [0.25, 0.3) is 16.0 Å². The van der Waals surface area contributed by atoms with Gasteiger partial charge in [-0.2, -0.15) is 13.7 Å². The summed E-state index contributed by atoms with van der Waals surface area (Å²) in [5.41, 5.74) is 7.84.